The zero-order valence-corrected chi connectivity index (χ0v) is 16.3. The quantitative estimate of drug-likeness (QED) is 0.679. The number of nitrogens with one attached hydrogen (secondary N) is 1. The van der Waals surface area contributed by atoms with Gasteiger partial charge in [0.2, 0.25) is 5.91 Å². The van der Waals surface area contributed by atoms with Crippen molar-refractivity contribution < 1.29 is 14.3 Å². The van der Waals surface area contributed by atoms with Gasteiger partial charge in [-0.05, 0) is 43.2 Å². The number of amides is 2. The van der Waals surface area contributed by atoms with Crippen LogP contribution in [0.3, 0.4) is 0 Å². The van der Waals surface area contributed by atoms with Crippen molar-refractivity contribution in [3.63, 3.8) is 0 Å². The van der Waals surface area contributed by atoms with E-state index in [2.05, 4.69) is 11.4 Å². The third-order valence-corrected chi connectivity index (χ3v) is 4.19. The molecule has 0 saturated heterocycles. The van der Waals surface area contributed by atoms with Crippen molar-refractivity contribution in [1.29, 1.82) is 5.26 Å². The van der Waals surface area contributed by atoms with Crippen molar-refractivity contribution in [2.24, 2.45) is 0 Å². The Morgan fingerprint density at radius 1 is 1.18 bits per heavy atom. The maximum atomic E-state index is 12.3. The van der Waals surface area contributed by atoms with Gasteiger partial charge in [0, 0.05) is 26.6 Å². The number of para-hydroxylation sites is 1. The van der Waals surface area contributed by atoms with E-state index >= 15 is 0 Å². The van der Waals surface area contributed by atoms with Gasteiger partial charge in [-0.3, -0.25) is 9.59 Å². The molecule has 0 spiro atoms. The fourth-order valence-corrected chi connectivity index (χ4v) is 2.76. The Morgan fingerprint density at radius 3 is 2.71 bits per heavy atom. The molecule has 2 rings (SSSR count). The Kier molecular flexibility index (Phi) is 8.04. The summed E-state index contributed by atoms with van der Waals surface area (Å²) in [5, 5.41) is 11.8. The summed E-state index contributed by atoms with van der Waals surface area (Å²) < 4.78 is 5.47. The average molecular weight is 379 g/mol. The molecule has 2 amide bonds. The first kappa shape index (κ1) is 21.0. The number of ether oxygens (including phenoxy) is 1. The van der Waals surface area contributed by atoms with Crippen molar-refractivity contribution >= 4 is 11.8 Å². The van der Waals surface area contributed by atoms with E-state index in [-0.39, 0.29) is 11.8 Å². The lowest BCUT2D eigenvalue weighted by Crippen LogP contribution is -2.29. The highest BCUT2D eigenvalue weighted by Gasteiger charge is 2.13. The van der Waals surface area contributed by atoms with Crippen LogP contribution in [0.1, 0.15) is 41.3 Å². The van der Waals surface area contributed by atoms with E-state index in [0.29, 0.717) is 49.4 Å². The normalized spacial score (nSPS) is 10.0. The number of rotatable bonds is 9. The fraction of sp³-hybridized carbons (Fsp3) is 0.318. The lowest BCUT2D eigenvalue weighted by Gasteiger charge is -2.17. The second-order valence-electron chi connectivity index (χ2n) is 6.35. The maximum absolute atomic E-state index is 12.3. The topological polar surface area (TPSA) is 82.4 Å². The van der Waals surface area contributed by atoms with Gasteiger partial charge in [-0.15, -0.1) is 0 Å². The second-order valence-corrected chi connectivity index (χ2v) is 6.35. The minimum absolute atomic E-state index is 0.00803. The molecule has 1 N–H and O–H groups in total. The lowest BCUT2D eigenvalue weighted by atomic mass is 10.1. The van der Waals surface area contributed by atoms with Gasteiger partial charge in [0.15, 0.2) is 0 Å². The number of carbonyl (C=O) groups is 2. The largest absolute Gasteiger partial charge is 0.493 e. The van der Waals surface area contributed by atoms with Crippen LogP contribution >= 0.6 is 0 Å². The molecule has 2 aromatic carbocycles. The molecule has 28 heavy (non-hydrogen) atoms. The average Bonchev–Trinajstić information content (AvgIpc) is 2.71. The molecule has 0 unspecified atom stereocenters. The summed E-state index contributed by atoms with van der Waals surface area (Å²) in [5.41, 5.74) is 1.98. The maximum Gasteiger partial charge on any atom is 0.255 e. The van der Waals surface area contributed by atoms with Crippen molar-refractivity contribution in [3.05, 3.63) is 65.2 Å². The number of benzene rings is 2. The highest BCUT2D eigenvalue weighted by atomic mass is 16.5. The monoisotopic (exact) mass is 379 g/mol. The van der Waals surface area contributed by atoms with Crippen LogP contribution in [0.5, 0.6) is 5.75 Å². The number of hydrogen-bond donors (Lipinski definition) is 1. The smallest absolute Gasteiger partial charge is 0.255 e. The van der Waals surface area contributed by atoms with Crippen LogP contribution in [0.25, 0.3) is 0 Å². The first-order valence-electron chi connectivity index (χ1n) is 9.28. The molecule has 6 nitrogen and oxygen atoms in total. The Hall–Kier alpha value is -3.33. The Morgan fingerprint density at radius 2 is 1.96 bits per heavy atom. The highest BCUT2D eigenvalue weighted by molar-refractivity contribution is 5.96. The van der Waals surface area contributed by atoms with E-state index in [1.54, 1.807) is 42.3 Å². The van der Waals surface area contributed by atoms with Crippen LogP contribution in [0.15, 0.2) is 48.5 Å². The van der Waals surface area contributed by atoms with Crippen LogP contribution in [0, 0.1) is 11.3 Å². The SMILES string of the molecule is CCOc1ccccc1C(=O)NCCCC(=O)N(C)Cc1cccc(C#N)c1. The molecule has 6 heteroatoms. The molecule has 0 saturated carbocycles. The standard InChI is InChI=1S/C22H25N3O3/c1-3-28-20-11-5-4-10-19(20)22(27)24-13-7-12-21(26)25(2)16-18-9-6-8-17(14-18)15-23/h4-6,8-11,14H,3,7,12-13,16H2,1-2H3,(H,24,27). The molecule has 0 aromatic heterocycles. The Bertz CT molecular complexity index is 858. The molecule has 0 radical (unpaired) electrons. The van der Waals surface area contributed by atoms with E-state index in [4.69, 9.17) is 10.00 Å². The van der Waals surface area contributed by atoms with Crippen LogP contribution < -0.4 is 10.1 Å². The van der Waals surface area contributed by atoms with Crippen LogP contribution in [-0.2, 0) is 11.3 Å². The molecule has 0 aliphatic rings. The summed E-state index contributed by atoms with van der Waals surface area (Å²) in [5.74, 6) is 0.336. The summed E-state index contributed by atoms with van der Waals surface area (Å²) in [6.45, 7) is 3.21. The number of carbonyl (C=O) groups excluding carboxylic acids is 2. The van der Waals surface area contributed by atoms with E-state index in [1.807, 2.05) is 25.1 Å². The minimum atomic E-state index is -0.210. The van der Waals surface area contributed by atoms with Crippen molar-refractivity contribution in [2.75, 3.05) is 20.2 Å². The first-order chi connectivity index (χ1) is 13.5. The van der Waals surface area contributed by atoms with Gasteiger partial charge >= 0.3 is 0 Å². The summed E-state index contributed by atoms with van der Waals surface area (Å²) in [7, 11) is 1.73. The third kappa shape index (κ3) is 6.13. The Labute approximate surface area is 165 Å². The summed E-state index contributed by atoms with van der Waals surface area (Å²) in [6.07, 6.45) is 0.881. The number of nitrogens with zero attached hydrogens (tertiary/aromatic N) is 2. The van der Waals surface area contributed by atoms with E-state index in [0.717, 1.165) is 5.56 Å². The van der Waals surface area contributed by atoms with E-state index in [9.17, 15) is 9.59 Å². The van der Waals surface area contributed by atoms with Gasteiger partial charge in [0.25, 0.3) is 5.91 Å². The van der Waals surface area contributed by atoms with Gasteiger partial charge in [-0.2, -0.15) is 5.26 Å². The lowest BCUT2D eigenvalue weighted by molar-refractivity contribution is -0.130. The van der Waals surface area contributed by atoms with Gasteiger partial charge in [0.1, 0.15) is 5.75 Å². The molecule has 0 bridgehead atoms. The Balaban J connectivity index is 1.77. The number of nitriles is 1. The predicted octanol–water partition coefficient (Wildman–Crippen LogP) is 3.13. The molecular formula is C22H25N3O3. The molecule has 2 aromatic rings. The summed E-state index contributed by atoms with van der Waals surface area (Å²) in [6, 6.07) is 16.4. The molecule has 0 fully saturated rings. The van der Waals surface area contributed by atoms with Gasteiger partial charge in [0.05, 0.1) is 23.8 Å². The molecule has 0 atom stereocenters. The minimum Gasteiger partial charge on any atom is -0.493 e. The summed E-state index contributed by atoms with van der Waals surface area (Å²) >= 11 is 0. The van der Waals surface area contributed by atoms with Crippen molar-refractivity contribution in [2.45, 2.75) is 26.3 Å². The number of hydrogen-bond acceptors (Lipinski definition) is 4. The van der Waals surface area contributed by atoms with Gasteiger partial charge < -0.3 is 15.0 Å². The van der Waals surface area contributed by atoms with E-state index < -0.39 is 0 Å². The van der Waals surface area contributed by atoms with Crippen molar-refractivity contribution in [3.8, 4) is 11.8 Å². The predicted molar refractivity (Wildman–Crippen MR) is 107 cm³/mol. The third-order valence-electron chi connectivity index (χ3n) is 4.19. The fourth-order valence-electron chi connectivity index (χ4n) is 2.76. The first-order valence-corrected chi connectivity index (χ1v) is 9.28. The zero-order chi connectivity index (χ0) is 20.4. The van der Waals surface area contributed by atoms with Gasteiger partial charge in [-0.1, -0.05) is 24.3 Å². The molecular weight excluding hydrogens is 354 g/mol. The van der Waals surface area contributed by atoms with Crippen LogP contribution in [0.2, 0.25) is 0 Å². The van der Waals surface area contributed by atoms with Crippen molar-refractivity contribution in [1.82, 2.24) is 10.2 Å². The highest BCUT2D eigenvalue weighted by Crippen LogP contribution is 2.17. The van der Waals surface area contributed by atoms with Crippen LogP contribution in [0.4, 0.5) is 0 Å². The molecule has 0 aliphatic carbocycles. The second kappa shape index (κ2) is 10.7. The molecule has 0 heterocycles. The van der Waals surface area contributed by atoms with Crippen LogP contribution in [-0.4, -0.2) is 36.9 Å². The molecule has 0 aliphatic heterocycles. The zero-order valence-electron chi connectivity index (χ0n) is 16.3. The van der Waals surface area contributed by atoms with E-state index in [1.165, 1.54) is 0 Å². The summed E-state index contributed by atoms with van der Waals surface area (Å²) in [4.78, 5) is 26.2. The van der Waals surface area contributed by atoms with Gasteiger partial charge in [-0.25, -0.2) is 0 Å². The molecule has 146 valence electrons.